The highest BCUT2D eigenvalue weighted by Gasteiger charge is 2.21. The van der Waals surface area contributed by atoms with Gasteiger partial charge in [0.05, 0.1) is 0 Å². The van der Waals surface area contributed by atoms with Gasteiger partial charge in [-0.2, -0.15) is 0 Å². The van der Waals surface area contributed by atoms with E-state index in [1.54, 1.807) is 158 Å². The summed E-state index contributed by atoms with van der Waals surface area (Å²) in [6.45, 7) is 0. The summed E-state index contributed by atoms with van der Waals surface area (Å²) < 4.78 is 25.3. The number of benzene rings is 9. The molecule has 20 heteroatoms. The molecule has 8 amide bonds. The number of nitrogens with zero attached hydrogens (tertiary/aromatic N) is 4. The average molecular weight is 1180 g/mol. The van der Waals surface area contributed by atoms with Gasteiger partial charge in [-0.1, -0.05) is 29.7 Å². The Balaban J connectivity index is 0.739. The van der Waals surface area contributed by atoms with E-state index >= 15 is 0 Å². The van der Waals surface area contributed by atoms with Gasteiger partial charge >= 0.3 is 24.1 Å². The van der Waals surface area contributed by atoms with Crippen LogP contribution in [-0.4, -0.2) is 44.1 Å². The van der Waals surface area contributed by atoms with Crippen LogP contribution in [0, 0.1) is 49.4 Å². The van der Waals surface area contributed by atoms with Crippen LogP contribution >= 0.6 is 0 Å². The summed E-state index contributed by atoms with van der Waals surface area (Å²) in [5.41, 5.74) is 11.5. The second kappa shape index (κ2) is 23.7. The second-order valence-electron chi connectivity index (χ2n) is 20.0. The molecule has 0 spiro atoms. The Kier molecular flexibility index (Phi) is 14.6. The van der Waals surface area contributed by atoms with Gasteiger partial charge in [0.2, 0.25) is 23.6 Å². The first-order valence-corrected chi connectivity index (χ1v) is 27.3. The third-order valence-electron chi connectivity index (χ3n) is 13.8. The molecule has 8 N–H and O–H groups in total. The minimum atomic E-state index is -0.558. The smallest absolute Gasteiger partial charge is 0.323 e. The number of hydrogen-bond donors (Lipinski definition) is 8. The van der Waals surface area contributed by atoms with Crippen LogP contribution in [0.1, 0.15) is 22.3 Å². The van der Waals surface area contributed by atoms with Gasteiger partial charge < -0.3 is 60.2 Å². The quantitative estimate of drug-likeness (QED) is 0.0531. The molecule has 0 aliphatic heterocycles. The average Bonchev–Trinajstić information content (AvgIpc) is 1.80. The maximum Gasteiger partial charge on any atom is 0.323 e. The standard InChI is InChI=1S/C70H42N12O8/c1-5-39-12-20-47(21-13-39)71-67(83)75-51-29-45(30-52(33-51)76-68(84)72-48-22-14-40(6-2)15-23-48)65-81-57-37-59-55(35-61(57)89-65)79-63(87-59)43-10-9-11-44(28-43)64-80-56-36-62-58(38-60(56)88-64)82-66(90-62)46-31-53(77-69(85)73-49-24-16-41(7-3)17-25-49)34-54(32-46)78-70(86)74-50-26-18-42(8-4)19-27-50/h1-4,9-38H,(H2,71,75,83)(H2,72,76,84)(H2,73,77,85)(H2,74,78,86). The first-order chi connectivity index (χ1) is 43.8. The summed E-state index contributed by atoms with van der Waals surface area (Å²) in [6.07, 6.45) is 22.0. The molecule has 430 valence electrons. The van der Waals surface area contributed by atoms with Gasteiger partial charge in [0.25, 0.3) is 0 Å². The molecule has 0 radical (unpaired) electrons. The molecule has 0 bridgehead atoms. The number of fused-ring (bicyclic) bond motifs is 4. The molecule has 0 aliphatic carbocycles. The van der Waals surface area contributed by atoms with Crippen molar-refractivity contribution in [2.75, 3.05) is 42.5 Å². The molecule has 0 saturated heterocycles. The second-order valence-corrected chi connectivity index (χ2v) is 20.0. The number of urea groups is 4. The number of nitrogens with one attached hydrogen (secondary N) is 8. The van der Waals surface area contributed by atoms with E-state index in [0.29, 0.717) is 146 Å². The molecule has 90 heavy (non-hydrogen) atoms. The lowest BCUT2D eigenvalue weighted by Crippen LogP contribution is -2.21. The molecule has 0 fully saturated rings. The lowest BCUT2D eigenvalue weighted by atomic mass is 10.1. The van der Waals surface area contributed by atoms with Crippen molar-refractivity contribution >= 4 is 114 Å². The number of terminal acetylenes is 4. The van der Waals surface area contributed by atoms with Crippen LogP contribution in [0.5, 0.6) is 0 Å². The monoisotopic (exact) mass is 1180 g/mol. The fraction of sp³-hybridized carbons (Fsp3) is 0. The van der Waals surface area contributed by atoms with Crippen LogP contribution in [0.3, 0.4) is 0 Å². The molecule has 9 aromatic carbocycles. The van der Waals surface area contributed by atoms with Gasteiger partial charge in [-0.05, 0) is 152 Å². The van der Waals surface area contributed by atoms with Gasteiger partial charge in [0.1, 0.15) is 22.1 Å². The molecular formula is C70H42N12O8. The number of amides is 8. The highest BCUT2D eigenvalue weighted by atomic mass is 16.4. The highest BCUT2D eigenvalue weighted by Crippen LogP contribution is 2.37. The van der Waals surface area contributed by atoms with Crippen molar-refractivity contribution in [1.29, 1.82) is 0 Å². The van der Waals surface area contributed by atoms with E-state index in [1.165, 1.54) is 0 Å². The fourth-order valence-corrected chi connectivity index (χ4v) is 9.54. The number of anilines is 8. The van der Waals surface area contributed by atoms with Crippen molar-refractivity contribution in [2.45, 2.75) is 0 Å². The zero-order valence-electron chi connectivity index (χ0n) is 46.7. The Bertz CT molecular complexity index is 4600. The lowest BCUT2D eigenvalue weighted by molar-refractivity contribution is 0.261. The van der Waals surface area contributed by atoms with Crippen LogP contribution < -0.4 is 42.5 Å². The van der Waals surface area contributed by atoms with Crippen LogP contribution in [0.15, 0.2) is 200 Å². The van der Waals surface area contributed by atoms with E-state index < -0.39 is 24.1 Å². The van der Waals surface area contributed by atoms with Gasteiger partial charge in [0.15, 0.2) is 22.3 Å². The topological polar surface area (TPSA) is 269 Å². The zero-order valence-corrected chi connectivity index (χ0v) is 46.7. The lowest BCUT2D eigenvalue weighted by Gasteiger charge is -2.13. The summed E-state index contributed by atoms with van der Waals surface area (Å²) in [5.74, 6) is 11.1. The minimum Gasteiger partial charge on any atom is -0.436 e. The minimum absolute atomic E-state index is 0.177. The van der Waals surface area contributed by atoms with Crippen molar-refractivity contribution in [3.05, 3.63) is 204 Å². The summed E-state index contributed by atoms with van der Waals surface area (Å²) in [4.78, 5) is 72.2. The third kappa shape index (κ3) is 12.2. The Morgan fingerprint density at radius 3 is 0.756 bits per heavy atom. The number of oxazole rings is 4. The van der Waals surface area contributed by atoms with Crippen molar-refractivity contribution < 1.29 is 36.8 Å². The fourth-order valence-electron chi connectivity index (χ4n) is 9.54. The van der Waals surface area contributed by atoms with Crippen LogP contribution in [-0.2, 0) is 0 Å². The molecule has 4 aromatic heterocycles. The Morgan fingerprint density at radius 1 is 0.278 bits per heavy atom. The predicted molar refractivity (Wildman–Crippen MR) is 347 cm³/mol. The summed E-state index contributed by atoms with van der Waals surface area (Å²) in [7, 11) is 0. The predicted octanol–water partition coefficient (Wildman–Crippen LogP) is 15.4. The first kappa shape index (κ1) is 55.4. The van der Waals surface area contributed by atoms with Gasteiger partial charge in [-0.3, -0.25) is 0 Å². The molecule has 0 atom stereocenters. The number of hydrogen-bond acceptors (Lipinski definition) is 12. The summed E-state index contributed by atoms with van der Waals surface area (Å²) in [6, 6.07) is 48.8. The maximum absolute atomic E-state index is 13.3. The number of carbonyl (C=O) groups is 4. The third-order valence-corrected chi connectivity index (χ3v) is 13.8. The summed E-state index contributed by atoms with van der Waals surface area (Å²) >= 11 is 0. The molecule has 0 saturated carbocycles. The normalized spacial score (nSPS) is 10.8. The largest absolute Gasteiger partial charge is 0.436 e. The zero-order chi connectivity index (χ0) is 61.8. The first-order valence-electron chi connectivity index (χ1n) is 27.3. The molecule has 13 aromatic rings. The van der Waals surface area contributed by atoms with Crippen molar-refractivity contribution in [3.8, 4) is 95.2 Å². The van der Waals surface area contributed by atoms with E-state index in [9.17, 15) is 19.2 Å². The van der Waals surface area contributed by atoms with E-state index in [1.807, 2.05) is 24.3 Å². The highest BCUT2D eigenvalue weighted by molar-refractivity contribution is 6.05. The number of rotatable bonds is 12. The van der Waals surface area contributed by atoms with Gasteiger partial charge in [-0.25, -0.2) is 39.1 Å². The SMILES string of the molecule is C#Cc1ccc(NC(=O)Nc2cc(NC(=O)Nc3ccc(C#C)cc3)cc(-c3nc4cc5oc(-c6cccc(-c7nc8cc9oc(-c%10cc(NC(=O)Nc%11ccc(C#C)cc%11)cc(NC(=O)Nc%11ccc(C#C)cc%11)c%10)nc9cc8o7)c6)nc5cc4o3)c2)cc1. The molecule has 0 unspecified atom stereocenters. The maximum atomic E-state index is 13.3. The van der Waals surface area contributed by atoms with Gasteiger partial charge in [0, 0.05) is 114 Å². The molecule has 0 aliphatic rings. The van der Waals surface area contributed by atoms with E-state index in [-0.39, 0.29) is 11.8 Å². The van der Waals surface area contributed by atoms with Gasteiger partial charge in [-0.15, -0.1) is 25.7 Å². The summed E-state index contributed by atoms with van der Waals surface area (Å²) in [5, 5.41) is 22.4. The van der Waals surface area contributed by atoms with Crippen LogP contribution in [0.4, 0.5) is 64.7 Å². The molecule has 20 nitrogen and oxygen atoms in total. The van der Waals surface area contributed by atoms with Crippen LogP contribution in [0.2, 0.25) is 0 Å². The number of aromatic nitrogens is 4. The van der Waals surface area contributed by atoms with E-state index in [2.05, 4.69) is 66.2 Å². The van der Waals surface area contributed by atoms with E-state index in [4.69, 9.17) is 63.3 Å². The van der Waals surface area contributed by atoms with Crippen molar-refractivity contribution in [2.24, 2.45) is 0 Å². The number of carbonyl (C=O) groups excluding carboxylic acids is 4. The molecular weight excluding hydrogens is 1140 g/mol. The Labute approximate surface area is 510 Å². The van der Waals surface area contributed by atoms with Crippen molar-refractivity contribution in [3.63, 3.8) is 0 Å². The van der Waals surface area contributed by atoms with E-state index in [0.717, 1.165) is 0 Å². The molecule has 13 rings (SSSR count). The van der Waals surface area contributed by atoms with Crippen molar-refractivity contribution in [1.82, 2.24) is 19.9 Å². The Morgan fingerprint density at radius 2 is 0.511 bits per heavy atom. The molecule has 4 heterocycles. The Hall–Kier alpha value is -13.8. The van der Waals surface area contributed by atoms with Crippen LogP contribution in [0.25, 0.3) is 90.2 Å².